The Bertz CT molecular complexity index is 2890. The third kappa shape index (κ3) is 4.96. The summed E-state index contributed by atoms with van der Waals surface area (Å²) in [6.07, 6.45) is 0. The predicted molar refractivity (Wildman–Crippen MR) is 221 cm³/mol. The van der Waals surface area contributed by atoms with Crippen LogP contribution in [0, 0.1) is 0 Å². The molecule has 10 rings (SSSR count). The van der Waals surface area contributed by atoms with Gasteiger partial charge < -0.3 is 9.47 Å². The summed E-state index contributed by atoms with van der Waals surface area (Å²) >= 11 is 0. The molecule has 0 radical (unpaired) electrons. The molecule has 0 spiro atoms. The van der Waals surface area contributed by atoms with E-state index in [0.717, 1.165) is 22.7 Å². The van der Waals surface area contributed by atoms with Crippen LogP contribution in [0.5, 0.6) is 0 Å². The molecule has 2 nitrogen and oxygen atoms in total. The van der Waals surface area contributed by atoms with E-state index in [1.54, 1.807) is 0 Å². The topological polar surface area (TPSA) is 8.17 Å². The van der Waals surface area contributed by atoms with Crippen LogP contribution in [0.2, 0.25) is 0 Å². The number of hydrogen-bond acceptors (Lipinski definition) is 1. The van der Waals surface area contributed by atoms with Gasteiger partial charge in [-0.1, -0.05) is 152 Å². The number of anilines is 3. The Hall–Kier alpha value is -6.90. The van der Waals surface area contributed by atoms with Gasteiger partial charge in [-0.05, 0) is 98.4 Å². The Kier molecular flexibility index (Phi) is 7.18. The summed E-state index contributed by atoms with van der Waals surface area (Å²) in [7, 11) is 0. The third-order valence-electron chi connectivity index (χ3n) is 10.4. The quantitative estimate of drug-likeness (QED) is 0.172. The molecule has 2 heteroatoms. The van der Waals surface area contributed by atoms with Crippen molar-refractivity contribution in [3.05, 3.63) is 206 Å². The Morgan fingerprint density at radius 3 is 1.77 bits per heavy atom. The number of para-hydroxylation sites is 3. The summed E-state index contributed by atoms with van der Waals surface area (Å²) < 4.78 is 2.48. The van der Waals surface area contributed by atoms with E-state index in [2.05, 4.69) is 216 Å². The van der Waals surface area contributed by atoms with Crippen LogP contribution in [0.15, 0.2) is 206 Å². The van der Waals surface area contributed by atoms with Gasteiger partial charge in [0.05, 0.1) is 22.4 Å². The smallest absolute Gasteiger partial charge is 0.0702 e. The maximum Gasteiger partial charge on any atom is 0.0702 e. The molecule has 0 saturated heterocycles. The van der Waals surface area contributed by atoms with E-state index in [1.165, 1.54) is 65.6 Å². The SMILES string of the molecule is c1ccc(-c2ccc(N(c3ccccc3)c3ccccc3-n3c4cccc(-c5ccc6ccccc6c5)c4c4c5ccccc5ccc43)cc2)cc1. The van der Waals surface area contributed by atoms with Gasteiger partial charge in [0.1, 0.15) is 0 Å². The van der Waals surface area contributed by atoms with Crippen molar-refractivity contribution in [1.82, 2.24) is 4.57 Å². The summed E-state index contributed by atoms with van der Waals surface area (Å²) in [6, 6.07) is 74.7. The number of aromatic nitrogens is 1. The average molecular weight is 663 g/mol. The van der Waals surface area contributed by atoms with E-state index in [4.69, 9.17) is 0 Å². The van der Waals surface area contributed by atoms with Crippen LogP contribution in [-0.2, 0) is 0 Å². The van der Waals surface area contributed by atoms with E-state index in [-0.39, 0.29) is 0 Å². The van der Waals surface area contributed by atoms with Crippen molar-refractivity contribution in [2.75, 3.05) is 4.90 Å². The highest BCUT2D eigenvalue weighted by molar-refractivity contribution is 6.25. The van der Waals surface area contributed by atoms with E-state index in [0.29, 0.717) is 0 Å². The van der Waals surface area contributed by atoms with Gasteiger partial charge in [-0.25, -0.2) is 0 Å². The van der Waals surface area contributed by atoms with Gasteiger partial charge in [-0.2, -0.15) is 0 Å². The van der Waals surface area contributed by atoms with Gasteiger partial charge in [-0.15, -0.1) is 0 Å². The molecule has 0 saturated carbocycles. The van der Waals surface area contributed by atoms with Crippen molar-refractivity contribution < 1.29 is 0 Å². The van der Waals surface area contributed by atoms with Gasteiger partial charge in [0, 0.05) is 22.1 Å². The minimum atomic E-state index is 1.10. The maximum absolute atomic E-state index is 2.48. The largest absolute Gasteiger partial charge is 0.308 e. The molecule has 0 aliphatic carbocycles. The number of fused-ring (bicyclic) bond motifs is 6. The van der Waals surface area contributed by atoms with E-state index in [9.17, 15) is 0 Å². The monoisotopic (exact) mass is 662 g/mol. The summed E-state index contributed by atoms with van der Waals surface area (Å²) in [5.74, 6) is 0. The van der Waals surface area contributed by atoms with Gasteiger partial charge in [-0.3, -0.25) is 0 Å². The second-order valence-corrected chi connectivity index (χ2v) is 13.4. The normalized spacial score (nSPS) is 11.5. The Labute approximate surface area is 303 Å². The molecule has 0 fully saturated rings. The van der Waals surface area contributed by atoms with Crippen LogP contribution in [0.1, 0.15) is 0 Å². The molecule has 9 aromatic carbocycles. The lowest BCUT2D eigenvalue weighted by Crippen LogP contribution is -2.13. The number of hydrogen-bond donors (Lipinski definition) is 0. The zero-order valence-electron chi connectivity index (χ0n) is 28.5. The Morgan fingerprint density at radius 1 is 0.346 bits per heavy atom. The van der Waals surface area contributed by atoms with Crippen molar-refractivity contribution in [3.63, 3.8) is 0 Å². The molecule has 0 unspecified atom stereocenters. The molecule has 1 heterocycles. The standard InChI is InChI=1S/C50H34N2/c1-3-14-35(15-4-1)37-28-31-42(32-29-37)51(41-19-5-2-6-20-41)45-23-11-12-24-46(45)52-47-25-13-22-44(40-27-26-36-16-7-8-18-39(36)34-40)50(47)49-43-21-10-9-17-38(43)30-33-48(49)52/h1-34H. The number of rotatable bonds is 6. The van der Waals surface area contributed by atoms with Crippen molar-refractivity contribution in [1.29, 1.82) is 0 Å². The van der Waals surface area contributed by atoms with Crippen molar-refractivity contribution in [2.45, 2.75) is 0 Å². The second kappa shape index (κ2) is 12.5. The van der Waals surface area contributed by atoms with Crippen LogP contribution < -0.4 is 4.90 Å². The molecule has 0 N–H and O–H groups in total. The van der Waals surface area contributed by atoms with E-state index >= 15 is 0 Å². The van der Waals surface area contributed by atoms with Crippen LogP contribution >= 0.6 is 0 Å². The first-order valence-electron chi connectivity index (χ1n) is 17.9. The number of nitrogens with zero attached hydrogens (tertiary/aromatic N) is 2. The fourth-order valence-electron chi connectivity index (χ4n) is 7.97. The van der Waals surface area contributed by atoms with Crippen molar-refractivity contribution >= 4 is 60.4 Å². The van der Waals surface area contributed by atoms with Crippen molar-refractivity contribution in [3.8, 4) is 27.9 Å². The molecule has 0 bridgehead atoms. The maximum atomic E-state index is 2.48. The van der Waals surface area contributed by atoms with Crippen LogP contribution in [-0.4, -0.2) is 4.57 Å². The highest BCUT2D eigenvalue weighted by Crippen LogP contribution is 2.45. The second-order valence-electron chi connectivity index (χ2n) is 13.4. The lowest BCUT2D eigenvalue weighted by atomic mass is 9.95. The van der Waals surface area contributed by atoms with Crippen LogP contribution in [0.3, 0.4) is 0 Å². The zero-order valence-corrected chi connectivity index (χ0v) is 28.5. The van der Waals surface area contributed by atoms with Gasteiger partial charge in [0.25, 0.3) is 0 Å². The molecule has 0 amide bonds. The Morgan fingerprint density at radius 2 is 0.942 bits per heavy atom. The van der Waals surface area contributed by atoms with Crippen LogP contribution in [0.25, 0.3) is 71.3 Å². The highest BCUT2D eigenvalue weighted by Gasteiger charge is 2.23. The lowest BCUT2D eigenvalue weighted by molar-refractivity contribution is 1.15. The Balaban J connectivity index is 1.25. The molecule has 0 aliphatic heterocycles. The fraction of sp³-hybridized carbons (Fsp3) is 0. The molecule has 0 atom stereocenters. The summed E-state index contributed by atoms with van der Waals surface area (Å²) in [6.45, 7) is 0. The molecule has 52 heavy (non-hydrogen) atoms. The molecule has 0 aliphatic rings. The van der Waals surface area contributed by atoms with Crippen molar-refractivity contribution in [2.24, 2.45) is 0 Å². The molecular weight excluding hydrogens is 629 g/mol. The molecular formula is C50H34N2. The minimum absolute atomic E-state index is 1.10. The average Bonchev–Trinajstić information content (AvgIpc) is 3.57. The lowest BCUT2D eigenvalue weighted by Gasteiger charge is -2.28. The predicted octanol–water partition coefficient (Wildman–Crippen LogP) is 13.9. The summed E-state index contributed by atoms with van der Waals surface area (Å²) in [5, 5.41) is 7.51. The number of benzene rings is 9. The molecule has 244 valence electrons. The minimum Gasteiger partial charge on any atom is -0.308 e. The third-order valence-corrected chi connectivity index (χ3v) is 10.4. The first-order valence-corrected chi connectivity index (χ1v) is 17.9. The van der Waals surface area contributed by atoms with Crippen LogP contribution in [0.4, 0.5) is 17.1 Å². The highest BCUT2D eigenvalue weighted by atomic mass is 15.2. The van der Waals surface area contributed by atoms with Gasteiger partial charge in [0.2, 0.25) is 0 Å². The van der Waals surface area contributed by atoms with Gasteiger partial charge >= 0.3 is 0 Å². The summed E-state index contributed by atoms with van der Waals surface area (Å²) in [4.78, 5) is 2.38. The summed E-state index contributed by atoms with van der Waals surface area (Å²) in [5.41, 5.74) is 11.6. The first kappa shape index (κ1) is 30.0. The van der Waals surface area contributed by atoms with Gasteiger partial charge in [0.15, 0.2) is 0 Å². The molecule has 10 aromatic rings. The fourth-order valence-corrected chi connectivity index (χ4v) is 7.97. The van der Waals surface area contributed by atoms with E-state index in [1.807, 2.05) is 0 Å². The molecule has 1 aromatic heterocycles. The van der Waals surface area contributed by atoms with E-state index < -0.39 is 0 Å². The first-order chi connectivity index (χ1) is 25.8. The zero-order chi connectivity index (χ0) is 34.4.